The molecule has 4 heteroatoms. The van der Waals surface area contributed by atoms with E-state index in [1.54, 1.807) is 6.08 Å². The van der Waals surface area contributed by atoms with Crippen LogP contribution >= 0.6 is 0 Å². The smallest absolute Gasteiger partial charge is 0.335 e. The average Bonchev–Trinajstić information content (AvgIpc) is 2.87. The van der Waals surface area contributed by atoms with E-state index < -0.39 is 11.5 Å². The van der Waals surface area contributed by atoms with Crippen LogP contribution in [0, 0.1) is 0 Å². The molecular formula is C31H43NO3. The molecule has 0 fully saturated rings. The number of ether oxygens (including phenoxy) is 2. The van der Waals surface area contributed by atoms with Gasteiger partial charge in [-0.05, 0) is 55.2 Å². The highest BCUT2D eigenvalue weighted by molar-refractivity contribution is 5.88. The van der Waals surface area contributed by atoms with Crippen molar-refractivity contribution < 1.29 is 14.3 Å². The molecule has 0 aliphatic heterocycles. The van der Waals surface area contributed by atoms with Crippen LogP contribution in [0.2, 0.25) is 0 Å². The van der Waals surface area contributed by atoms with Gasteiger partial charge in [0.25, 0.3) is 0 Å². The molecule has 35 heavy (non-hydrogen) atoms. The van der Waals surface area contributed by atoms with Crippen LogP contribution in [-0.4, -0.2) is 18.1 Å². The molecule has 0 aliphatic carbocycles. The van der Waals surface area contributed by atoms with E-state index in [1.807, 2.05) is 74.5 Å². The van der Waals surface area contributed by atoms with Gasteiger partial charge in [0.15, 0.2) is 0 Å². The lowest BCUT2D eigenvalue weighted by molar-refractivity contribution is -0.134. The summed E-state index contributed by atoms with van der Waals surface area (Å²) < 4.78 is 11.6. The number of rotatable bonds is 16. The second kappa shape index (κ2) is 15.9. The number of nitrogens with two attached hydrogens (primary N) is 1. The van der Waals surface area contributed by atoms with Gasteiger partial charge in [-0.1, -0.05) is 101 Å². The topological polar surface area (TPSA) is 61.5 Å². The molecule has 190 valence electrons. The van der Waals surface area contributed by atoms with E-state index >= 15 is 0 Å². The lowest BCUT2D eigenvalue weighted by Crippen LogP contribution is -2.39. The first-order valence-corrected chi connectivity index (χ1v) is 13.1. The number of esters is 1. The Kier molecular flexibility index (Phi) is 12.9. The summed E-state index contributed by atoms with van der Waals surface area (Å²) >= 11 is 0. The van der Waals surface area contributed by atoms with E-state index in [2.05, 4.69) is 6.92 Å². The lowest BCUT2D eigenvalue weighted by Gasteiger charge is -2.25. The zero-order valence-corrected chi connectivity index (χ0v) is 21.8. The van der Waals surface area contributed by atoms with Gasteiger partial charge >= 0.3 is 5.97 Å². The summed E-state index contributed by atoms with van der Waals surface area (Å²) in [5.41, 5.74) is 7.52. The molecule has 1 atom stereocenters. The van der Waals surface area contributed by atoms with E-state index in [4.69, 9.17) is 15.2 Å². The Hall–Kier alpha value is -2.85. The summed E-state index contributed by atoms with van der Waals surface area (Å²) in [6, 6.07) is 17.5. The van der Waals surface area contributed by atoms with Crippen LogP contribution in [0.5, 0.6) is 5.75 Å². The maximum atomic E-state index is 12.5. The number of hydrogen-bond donors (Lipinski definition) is 1. The van der Waals surface area contributed by atoms with Crippen molar-refractivity contribution in [1.82, 2.24) is 0 Å². The minimum absolute atomic E-state index is 0.440. The normalized spacial score (nSPS) is 13.5. The average molecular weight is 478 g/mol. The SMILES string of the molecule is CCCCCCCCCCOc1ccc(C=C(OC(=O)C=Cc2ccccc2)C(C)(N)CC)cc1. The van der Waals surface area contributed by atoms with Crippen LogP contribution in [0.25, 0.3) is 12.2 Å². The molecule has 0 amide bonds. The first-order valence-electron chi connectivity index (χ1n) is 13.1. The summed E-state index contributed by atoms with van der Waals surface area (Å²) in [5, 5.41) is 0. The minimum atomic E-state index is -0.762. The Morgan fingerprint density at radius 1 is 0.857 bits per heavy atom. The van der Waals surface area contributed by atoms with Gasteiger partial charge < -0.3 is 15.2 Å². The standard InChI is InChI=1S/C31H43NO3/c1-4-6-7-8-9-10-11-15-24-34-28-21-18-27(19-22-28)25-29(31(3,32)5-2)35-30(33)23-20-26-16-13-12-14-17-26/h12-14,16-23,25H,4-11,15,24,32H2,1-3H3. The molecule has 0 saturated heterocycles. The molecule has 2 N–H and O–H groups in total. The predicted molar refractivity (Wildman–Crippen MR) is 147 cm³/mol. The van der Waals surface area contributed by atoms with E-state index in [-0.39, 0.29) is 0 Å². The van der Waals surface area contributed by atoms with Crippen LogP contribution in [0.15, 0.2) is 66.4 Å². The maximum absolute atomic E-state index is 12.5. The van der Waals surface area contributed by atoms with Crippen LogP contribution in [-0.2, 0) is 9.53 Å². The summed E-state index contributed by atoms with van der Waals surface area (Å²) in [7, 11) is 0. The Labute approximate surface area is 212 Å². The Bertz CT molecular complexity index is 914. The van der Waals surface area contributed by atoms with E-state index in [0.29, 0.717) is 12.2 Å². The van der Waals surface area contributed by atoms with Gasteiger partial charge in [-0.2, -0.15) is 0 Å². The highest BCUT2D eigenvalue weighted by Crippen LogP contribution is 2.23. The summed E-state index contributed by atoms with van der Waals surface area (Å²) in [5.74, 6) is 0.839. The van der Waals surface area contributed by atoms with Crippen molar-refractivity contribution in [3.05, 3.63) is 77.6 Å². The highest BCUT2D eigenvalue weighted by atomic mass is 16.5. The van der Waals surface area contributed by atoms with Gasteiger partial charge in [-0.3, -0.25) is 0 Å². The fourth-order valence-electron chi connectivity index (χ4n) is 3.59. The van der Waals surface area contributed by atoms with E-state index in [1.165, 1.54) is 51.0 Å². The second-order valence-corrected chi connectivity index (χ2v) is 9.34. The molecule has 0 aliphatic rings. The van der Waals surface area contributed by atoms with Gasteiger partial charge in [-0.25, -0.2) is 4.79 Å². The fraction of sp³-hybridized carbons (Fsp3) is 0.452. The van der Waals surface area contributed by atoms with Gasteiger partial charge in [0, 0.05) is 6.08 Å². The Balaban J connectivity index is 1.88. The van der Waals surface area contributed by atoms with Crippen LogP contribution in [0.4, 0.5) is 0 Å². The molecule has 2 aromatic rings. The number of carbonyl (C=O) groups is 1. The van der Waals surface area contributed by atoms with Crippen molar-refractivity contribution in [1.29, 1.82) is 0 Å². The molecule has 0 aromatic heterocycles. The van der Waals surface area contributed by atoms with Gasteiger partial charge in [0.2, 0.25) is 0 Å². The molecule has 0 spiro atoms. The molecule has 2 aromatic carbocycles. The van der Waals surface area contributed by atoms with Crippen molar-refractivity contribution in [2.24, 2.45) is 5.73 Å². The van der Waals surface area contributed by atoms with Crippen molar-refractivity contribution in [2.45, 2.75) is 84.1 Å². The second-order valence-electron chi connectivity index (χ2n) is 9.34. The third-order valence-corrected chi connectivity index (χ3v) is 6.16. The molecule has 0 saturated carbocycles. The van der Waals surface area contributed by atoms with Crippen LogP contribution in [0.3, 0.4) is 0 Å². The number of unbranched alkanes of at least 4 members (excludes halogenated alkanes) is 7. The molecule has 0 radical (unpaired) electrons. The minimum Gasteiger partial charge on any atom is -0.494 e. The van der Waals surface area contributed by atoms with Crippen molar-refractivity contribution >= 4 is 18.1 Å². The number of carbonyl (C=O) groups excluding carboxylic acids is 1. The molecule has 0 heterocycles. The molecule has 0 bridgehead atoms. The van der Waals surface area contributed by atoms with Gasteiger partial charge in [0.1, 0.15) is 11.5 Å². The van der Waals surface area contributed by atoms with Crippen LogP contribution < -0.4 is 10.5 Å². The van der Waals surface area contributed by atoms with Crippen molar-refractivity contribution in [3.63, 3.8) is 0 Å². The first kappa shape index (κ1) is 28.4. The van der Waals surface area contributed by atoms with E-state index in [9.17, 15) is 4.79 Å². The fourth-order valence-corrected chi connectivity index (χ4v) is 3.59. The molecule has 1 unspecified atom stereocenters. The van der Waals surface area contributed by atoms with Gasteiger partial charge in [0.05, 0.1) is 12.1 Å². The predicted octanol–water partition coefficient (Wildman–Crippen LogP) is 7.93. The Morgan fingerprint density at radius 3 is 2.11 bits per heavy atom. The van der Waals surface area contributed by atoms with E-state index in [0.717, 1.165) is 29.9 Å². The first-order chi connectivity index (χ1) is 16.9. The zero-order chi connectivity index (χ0) is 25.4. The summed E-state index contributed by atoms with van der Waals surface area (Å²) in [6.45, 7) is 6.83. The largest absolute Gasteiger partial charge is 0.494 e. The molecular weight excluding hydrogens is 434 g/mol. The van der Waals surface area contributed by atoms with Crippen molar-refractivity contribution in [2.75, 3.05) is 6.61 Å². The monoisotopic (exact) mass is 477 g/mol. The number of hydrogen-bond acceptors (Lipinski definition) is 4. The molecule has 4 nitrogen and oxygen atoms in total. The quantitative estimate of drug-likeness (QED) is 0.115. The third-order valence-electron chi connectivity index (χ3n) is 6.16. The highest BCUT2D eigenvalue weighted by Gasteiger charge is 2.25. The maximum Gasteiger partial charge on any atom is 0.335 e. The molecule has 2 rings (SSSR count). The zero-order valence-electron chi connectivity index (χ0n) is 21.8. The third kappa shape index (κ3) is 11.4. The van der Waals surface area contributed by atoms with Gasteiger partial charge in [-0.15, -0.1) is 0 Å². The summed E-state index contributed by atoms with van der Waals surface area (Å²) in [4.78, 5) is 12.5. The Morgan fingerprint density at radius 2 is 1.49 bits per heavy atom. The lowest BCUT2D eigenvalue weighted by atomic mass is 9.96. The van der Waals surface area contributed by atoms with Crippen LogP contribution in [0.1, 0.15) is 89.7 Å². The summed E-state index contributed by atoms with van der Waals surface area (Å²) in [6.07, 6.45) is 15.9. The number of benzene rings is 2. The van der Waals surface area contributed by atoms with Crippen molar-refractivity contribution in [3.8, 4) is 5.75 Å².